The summed E-state index contributed by atoms with van der Waals surface area (Å²) < 4.78 is 14.3. The van der Waals surface area contributed by atoms with Crippen LogP contribution in [0.5, 0.6) is 0 Å². The van der Waals surface area contributed by atoms with E-state index in [4.69, 9.17) is 11.6 Å². The van der Waals surface area contributed by atoms with Gasteiger partial charge in [-0.15, -0.1) is 0 Å². The molecule has 4 heteroatoms. The van der Waals surface area contributed by atoms with Crippen molar-refractivity contribution in [3.05, 3.63) is 34.6 Å². The van der Waals surface area contributed by atoms with E-state index in [0.717, 1.165) is 44.6 Å². The standard InChI is InChI=1S/C16H24ClFN2/c1-3-4-12(2)16(20-9-7-19-8-10-20)14-6-5-13(17)11-15(14)18/h5-6,11-12,16,19H,3-4,7-10H2,1-2H3/t12?,16-/m0/s1. The number of hydrogen-bond acceptors (Lipinski definition) is 2. The van der Waals surface area contributed by atoms with E-state index in [1.54, 1.807) is 6.07 Å². The van der Waals surface area contributed by atoms with Crippen LogP contribution in [0.4, 0.5) is 4.39 Å². The minimum Gasteiger partial charge on any atom is -0.314 e. The lowest BCUT2D eigenvalue weighted by Gasteiger charge is -2.38. The zero-order valence-electron chi connectivity index (χ0n) is 12.3. The Morgan fingerprint density at radius 3 is 2.65 bits per heavy atom. The smallest absolute Gasteiger partial charge is 0.129 e. The second kappa shape index (κ2) is 7.39. The third-order valence-electron chi connectivity index (χ3n) is 4.11. The van der Waals surface area contributed by atoms with E-state index in [1.807, 2.05) is 6.07 Å². The summed E-state index contributed by atoms with van der Waals surface area (Å²) in [6.45, 7) is 8.31. The summed E-state index contributed by atoms with van der Waals surface area (Å²) in [4.78, 5) is 2.41. The summed E-state index contributed by atoms with van der Waals surface area (Å²) in [7, 11) is 0. The van der Waals surface area contributed by atoms with Crippen LogP contribution in [0.2, 0.25) is 5.02 Å². The van der Waals surface area contributed by atoms with Gasteiger partial charge in [0, 0.05) is 42.8 Å². The summed E-state index contributed by atoms with van der Waals surface area (Å²) >= 11 is 5.88. The van der Waals surface area contributed by atoms with Crippen molar-refractivity contribution in [2.24, 2.45) is 5.92 Å². The number of benzene rings is 1. The van der Waals surface area contributed by atoms with Gasteiger partial charge in [-0.05, 0) is 24.5 Å². The van der Waals surface area contributed by atoms with Gasteiger partial charge in [-0.1, -0.05) is 37.9 Å². The first kappa shape index (κ1) is 15.7. The molecule has 1 unspecified atom stereocenters. The molecule has 112 valence electrons. The van der Waals surface area contributed by atoms with Gasteiger partial charge < -0.3 is 5.32 Å². The fourth-order valence-corrected chi connectivity index (χ4v) is 3.34. The van der Waals surface area contributed by atoms with Crippen LogP contribution in [-0.4, -0.2) is 31.1 Å². The third-order valence-corrected chi connectivity index (χ3v) is 4.34. The number of rotatable bonds is 5. The lowest BCUT2D eigenvalue weighted by molar-refractivity contribution is 0.123. The molecule has 2 nitrogen and oxygen atoms in total. The Kier molecular flexibility index (Phi) is 5.82. The van der Waals surface area contributed by atoms with Crippen molar-refractivity contribution in [2.75, 3.05) is 26.2 Å². The highest BCUT2D eigenvalue weighted by atomic mass is 35.5. The van der Waals surface area contributed by atoms with Crippen LogP contribution in [0.15, 0.2) is 18.2 Å². The maximum Gasteiger partial charge on any atom is 0.129 e. The fraction of sp³-hybridized carbons (Fsp3) is 0.625. The maximum atomic E-state index is 14.3. The number of piperazine rings is 1. The van der Waals surface area contributed by atoms with Crippen molar-refractivity contribution in [2.45, 2.75) is 32.7 Å². The Hall–Kier alpha value is -0.640. The molecule has 0 spiro atoms. The Morgan fingerprint density at radius 2 is 2.05 bits per heavy atom. The second-order valence-electron chi connectivity index (χ2n) is 5.66. The summed E-state index contributed by atoms with van der Waals surface area (Å²) in [5.74, 6) is 0.262. The van der Waals surface area contributed by atoms with Crippen molar-refractivity contribution in [3.63, 3.8) is 0 Å². The quantitative estimate of drug-likeness (QED) is 0.888. The molecule has 1 heterocycles. The molecule has 1 aliphatic rings. The van der Waals surface area contributed by atoms with Crippen LogP contribution in [-0.2, 0) is 0 Å². The van der Waals surface area contributed by atoms with E-state index in [-0.39, 0.29) is 11.9 Å². The molecule has 0 aliphatic carbocycles. The van der Waals surface area contributed by atoms with Crippen LogP contribution >= 0.6 is 11.6 Å². The molecule has 0 aromatic heterocycles. The minimum absolute atomic E-state index is 0.148. The van der Waals surface area contributed by atoms with E-state index >= 15 is 0 Å². The molecular formula is C16H24ClFN2. The number of hydrogen-bond donors (Lipinski definition) is 1. The van der Waals surface area contributed by atoms with Gasteiger partial charge in [-0.2, -0.15) is 0 Å². The van der Waals surface area contributed by atoms with E-state index in [1.165, 1.54) is 6.07 Å². The van der Waals surface area contributed by atoms with Crippen LogP contribution in [0.25, 0.3) is 0 Å². The lowest BCUT2D eigenvalue weighted by Crippen LogP contribution is -2.46. The van der Waals surface area contributed by atoms with Crippen molar-refractivity contribution in [1.82, 2.24) is 10.2 Å². The molecule has 1 aliphatic heterocycles. The molecule has 20 heavy (non-hydrogen) atoms. The highest BCUT2D eigenvalue weighted by Crippen LogP contribution is 2.34. The van der Waals surface area contributed by atoms with E-state index in [2.05, 4.69) is 24.1 Å². The SMILES string of the molecule is CCCC(C)[C@@H](c1ccc(Cl)cc1F)N1CCNCC1. The molecule has 2 atom stereocenters. The monoisotopic (exact) mass is 298 g/mol. The molecule has 0 bridgehead atoms. The predicted molar refractivity (Wildman–Crippen MR) is 82.7 cm³/mol. The number of nitrogens with zero attached hydrogens (tertiary/aromatic N) is 1. The molecule has 1 aromatic carbocycles. The lowest BCUT2D eigenvalue weighted by atomic mass is 9.89. The molecule has 0 radical (unpaired) electrons. The summed E-state index contributed by atoms with van der Waals surface area (Å²) in [6, 6.07) is 5.24. The van der Waals surface area contributed by atoms with Gasteiger partial charge in [-0.25, -0.2) is 4.39 Å². The van der Waals surface area contributed by atoms with Crippen LogP contribution in [0.1, 0.15) is 38.3 Å². The Labute approximate surface area is 126 Å². The minimum atomic E-state index is -0.177. The molecule has 1 N–H and O–H groups in total. The zero-order chi connectivity index (χ0) is 14.5. The van der Waals surface area contributed by atoms with E-state index in [0.29, 0.717) is 10.9 Å². The van der Waals surface area contributed by atoms with Crippen molar-refractivity contribution >= 4 is 11.6 Å². The zero-order valence-corrected chi connectivity index (χ0v) is 13.1. The Bertz CT molecular complexity index is 432. The predicted octanol–water partition coefficient (Wildman–Crippen LogP) is 3.86. The first-order valence-corrected chi connectivity index (χ1v) is 7.91. The van der Waals surface area contributed by atoms with E-state index < -0.39 is 0 Å². The molecule has 2 rings (SSSR count). The average Bonchev–Trinajstić information content (AvgIpc) is 2.43. The first-order valence-electron chi connectivity index (χ1n) is 7.53. The van der Waals surface area contributed by atoms with Gasteiger partial charge in [0.2, 0.25) is 0 Å². The topological polar surface area (TPSA) is 15.3 Å². The molecule has 1 aromatic rings. The number of halogens is 2. The highest BCUT2D eigenvalue weighted by molar-refractivity contribution is 6.30. The molecule has 0 amide bonds. The molecule has 1 saturated heterocycles. The van der Waals surface area contributed by atoms with Crippen LogP contribution in [0.3, 0.4) is 0 Å². The maximum absolute atomic E-state index is 14.3. The van der Waals surface area contributed by atoms with Gasteiger partial charge >= 0.3 is 0 Å². The van der Waals surface area contributed by atoms with Gasteiger partial charge in [0.1, 0.15) is 5.82 Å². The molecule has 0 saturated carbocycles. The normalized spacial score (nSPS) is 19.8. The van der Waals surface area contributed by atoms with Crippen molar-refractivity contribution in [1.29, 1.82) is 0 Å². The largest absolute Gasteiger partial charge is 0.314 e. The second-order valence-corrected chi connectivity index (χ2v) is 6.10. The van der Waals surface area contributed by atoms with Gasteiger partial charge in [0.25, 0.3) is 0 Å². The van der Waals surface area contributed by atoms with Gasteiger partial charge in [0.15, 0.2) is 0 Å². The fourth-order valence-electron chi connectivity index (χ4n) is 3.18. The molecule has 1 fully saturated rings. The van der Waals surface area contributed by atoms with Crippen LogP contribution in [0, 0.1) is 11.7 Å². The summed E-state index contributed by atoms with van der Waals surface area (Å²) in [6.07, 6.45) is 2.23. The van der Waals surface area contributed by atoms with Crippen molar-refractivity contribution < 1.29 is 4.39 Å². The van der Waals surface area contributed by atoms with Gasteiger partial charge in [0.05, 0.1) is 0 Å². The summed E-state index contributed by atoms with van der Waals surface area (Å²) in [5.41, 5.74) is 0.789. The summed E-state index contributed by atoms with van der Waals surface area (Å²) in [5, 5.41) is 3.83. The van der Waals surface area contributed by atoms with E-state index in [9.17, 15) is 4.39 Å². The Balaban J connectivity index is 2.28. The Morgan fingerprint density at radius 1 is 1.35 bits per heavy atom. The van der Waals surface area contributed by atoms with Crippen molar-refractivity contribution in [3.8, 4) is 0 Å². The highest BCUT2D eigenvalue weighted by Gasteiger charge is 2.28. The first-order chi connectivity index (χ1) is 9.63. The molecular weight excluding hydrogens is 275 g/mol. The van der Waals surface area contributed by atoms with Crippen LogP contribution < -0.4 is 5.32 Å². The van der Waals surface area contributed by atoms with Gasteiger partial charge in [-0.3, -0.25) is 4.90 Å². The number of nitrogens with one attached hydrogen (secondary N) is 1. The average molecular weight is 299 g/mol. The third kappa shape index (κ3) is 3.72.